The molecule has 0 aliphatic rings. The molecule has 19 heavy (non-hydrogen) atoms. The molecule has 6 heteroatoms. The Balaban J connectivity index is 2.62. The Hall–Kier alpha value is -1.95. The SMILES string of the molecule is CCNC(=NCCc1ccc(OC)c(OC)c1)NN. The summed E-state index contributed by atoms with van der Waals surface area (Å²) in [6, 6.07) is 5.85. The van der Waals surface area contributed by atoms with Crippen LogP contribution in [0.15, 0.2) is 23.2 Å². The lowest BCUT2D eigenvalue weighted by Gasteiger charge is -2.09. The van der Waals surface area contributed by atoms with Crippen LogP contribution in [0.5, 0.6) is 11.5 Å². The molecule has 0 aliphatic heterocycles. The molecular weight excluding hydrogens is 244 g/mol. The number of nitrogens with two attached hydrogens (primary N) is 1. The molecule has 0 amide bonds. The number of methoxy groups -OCH3 is 2. The molecule has 106 valence electrons. The predicted octanol–water partition coefficient (Wildman–Crippen LogP) is 0.675. The van der Waals surface area contributed by atoms with Crippen LogP contribution >= 0.6 is 0 Å². The predicted molar refractivity (Wildman–Crippen MR) is 76.6 cm³/mol. The average Bonchev–Trinajstić information content (AvgIpc) is 2.46. The van der Waals surface area contributed by atoms with Gasteiger partial charge in [0, 0.05) is 13.1 Å². The number of hydrazine groups is 1. The largest absolute Gasteiger partial charge is 0.493 e. The Morgan fingerprint density at radius 3 is 2.58 bits per heavy atom. The molecule has 0 heterocycles. The zero-order chi connectivity index (χ0) is 14.1. The number of rotatable bonds is 6. The maximum atomic E-state index is 5.34. The van der Waals surface area contributed by atoms with Gasteiger partial charge in [0.05, 0.1) is 14.2 Å². The monoisotopic (exact) mass is 266 g/mol. The fraction of sp³-hybridized carbons (Fsp3) is 0.462. The minimum atomic E-state index is 0.600. The van der Waals surface area contributed by atoms with Crippen molar-refractivity contribution in [1.82, 2.24) is 10.7 Å². The third kappa shape index (κ3) is 4.67. The van der Waals surface area contributed by atoms with E-state index in [-0.39, 0.29) is 0 Å². The molecule has 1 aromatic carbocycles. The highest BCUT2D eigenvalue weighted by Crippen LogP contribution is 2.27. The van der Waals surface area contributed by atoms with Crippen molar-refractivity contribution in [3.05, 3.63) is 23.8 Å². The average molecular weight is 266 g/mol. The number of hydrogen-bond acceptors (Lipinski definition) is 4. The van der Waals surface area contributed by atoms with Crippen molar-refractivity contribution in [2.24, 2.45) is 10.8 Å². The zero-order valence-electron chi connectivity index (χ0n) is 11.7. The van der Waals surface area contributed by atoms with E-state index in [1.54, 1.807) is 14.2 Å². The van der Waals surface area contributed by atoms with Crippen LogP contribution in [-0.2, 0) is 6.42 Å². The van der Waals surface area contributed by atoms with E-state index < -0.39 is 0 Å². The first-order valence-electron chi connectivity index (χ1n) is 6.21. The maximum Gasteiger partial charge on any atom is 0.205 e. The molecule has 1 rings (SSSR count). The number of benzene rings is 1. The van der Waals surface area contributed by atoms with Crippen LogP contribution in [0.3, 0.4) is 0 Å². The Kier molecular flexibility index (Phi) is 6.52. The summed E-state index contributed by atoms with van der Waals surface area (Å²) in [6.45, 7) is 3.41. The minimum absolute atomic E-state index is 0.600. The van der Waals surface area contributed by atoms with Crippen LogP contribution in [-0.4, -0.2) is 33.3 Å². The molecule has 0 aromatic heterocycles. The molecule has 0 spiro atoms. The fourth-order valence-corrected chi connectivity index (χ4v) is 1.65. The van der Waals surface area contributed by atoms with Gasteiger partial charge in [0.1, 0.15) is 0 Å². The first-order chi connectivity index (χ1) is 9.24. The molecular formula is C13H22N4O2. The first kappa shape index (κ1) is 15.1. The molecule has 0 bridgehead atoms. The van der Waals surface area contributed by atoms with Gasteiger partial charge in [-0.05, 0) is 31.0 Å². The fourth-order valence-electron chi connectivity index (χ4n) is 1.65. The van der Waals surface area contributed by atoms with Crippen LogP contribution < -0.4 is 26.1 Å². The van der Waals surface area contributed by atoms with Gasteiger partial charge in [0.15, 0.2) is 11.5 Å². The second-order valence-electron chi connectivity index (χ2n) is 3.84. The van der Waals surface area contributed by atoms with Crippen LogP contribution in [0.2, 0.25) is 0 Å². The molecule has 0 aliphatic carbocycles. The van der Waals surface area contributed by atoms with E-state index in [4.69, 9.17) is 15.3 Å². The van der Waals surface area contributed by atoms with Crippen molar-refractivity contribution < 1.29 is 9.47 Å². The second kappa shape index (κ2) is 8.20. The van der Waals surface area contributed by atoms with Gasteiger partial charge in [-0.2, -0.15) is 0 Å². The third-order valence-corrected chi connectivity index (χ3v) is 2.60. The quantitative estimate of drug-likeness (QED) is 0.305. The summed E-state index contributed by atoms with van der Waals surface area (Å²) in [6.07, 6.45) is 0.803. The summed E-state index contributed by atoms with van der Waals surface area (Å²) < 4.78 is 10.5. The van der Waals surface area contributed by atoms with E-state index in [9.17, 15) is 0 Å². The molecule has 0 saturated carbocycles. The van der Waals surface area contributed by atoms with Crippen molar-refractivity contribution in [1.29, 1.82) is 0 Å². The van der Waals surface area contributed by atoms with Gasteiger partial charge in [-0.3, -0.25) is 10.4 Å². The number of ether oxygens (including phenoxy) is 2. The van der Waals surface area contributed by atoms with Gasteiger partial charge in [0.25, 0.3) is 0 Å². The van der Waals surface area contributed by atoms with Gasteiger partial charge in [0.2, 0.25) is 5.96 Å². The molecule has 0 atom stereocenters. The summed E-state index contributed by atoms with van der Waals surface area (Å²) in [5.41, 5.74) is 3.66. The van der Waals surface area contributed by atoms with Gasteiger partial charge in [-0.25, -0.2) is 5.84 Å². The summed E-state index contributed by atoms with van der Waals surface area (Å²) in [5, 5.41) is 3.03. The lowest BCUT2D eigenvalue weighted by atomic mass is 10.1. The number of nitrogens with one attached hydrogen (secondary N) is 2. The van der Waals surface area contributed by atoms with E-state index in [0.717, 1.165) is 30.0 Å². The highest BCUT2D eigenvalue weighted by Gasteiger charge is 2.04. The summed E-state index contributed by atoms with van der Waals surface area (Å²) in [4.78, 5) is 4.32. The van der Waals surface area contributed by atoms with Crippen molar-refractivity contribution in [2.75, 3.05) is 27.3 Å². The van der Waals surface area contributed by atoms with E-state index in [2.05, 4.69) is 15.7 Å². The lowest BCUT2D eigenvalue weighted by Crippen LogP contribution is -2.41. The van der Waals surface area contributed by atoms with Crippen LogP contribution in [0.1, 0.15) is 12.5 Å². The summed E-state index contributed by atoms with van der Waals surface area (Å²) in [5.74, 6) is 7.40. The smallest absolute Gasteiger partial charge is 0.205 e. The zero-order valence-corrected chi connectivity index (χ0v) is 11.7. The molecule has 0 saturated heterocycles. The highest BCUT2D eigenvalue weighted by atomic mass is 16.5. The molecule has 0 unspecified atom stereocenters. The second-order valence-corrected chi connectivity index (χ2v) is 3.84. The van der Waals surface area contributed by atoms with E-state index >= 15 is 0 Å². The number of guanidine groups is 1. The van der Waals surface area contributed by atoms with Crippen molar-refractivity contribution in [3.8, 4) is 11.5 Å². The first-order valence-corrected chi connectivity index (χ1v) is 6.21. The Bertz CT molecular complexity index is 421. The molecule has 0 fully saturated rings. The Labute approximate surface area is 114 Å². The molecule has 1 aromatic rings. The lowest BCUT2D eigenvalue weighted by molar-refractivity contribution is 0.354. The van der Waals surface area contributed by atoms with Crippen LogP contribution in [0.25, 0.3) is 0 Å². The molecule has 6 nitrogen and oxygen atoms in total. The normalized spacial score (nSPS) is 11.1. The van der Waals surface area contributed by atoms with Gasteiger partial charge >= 0.3 is 0 Å². The van der Waals surface area contributed by atoms with Crippen molar-refractivity contribution in [3.63, 3.8) is 0 Å². The molecule has 4 N–H and O–H groups in total. The third-order valence-electron chi connectivity index (χ3n) is 2.60. The number of nitrogens with zero attached hydrogens (tertiary/aromatic N) is 1. The summed E-state index contributed by atoms with van der Waals surface area (Å²) in [7, 11) is 3.25. The Morgan fingerprint density at radius 1 is 1.26 bits per heavy atom. The minimum Gasteiger partial charge on any atom is -0.493 e. The topological polar surface area (TPSA) is 80.9 Å². The van der Waals surface area contributed by atoms with Gasteiger partial charge in [-0.1, -0.05) is 6.07 Å². The standard InChI is InChI=1S/C13H22N4O2/c1-4-15-13(17-14)16-8-7-10-5-6-11(18-2)12(9-10)19-3/h5-6,9H,4,7-8,14H2,1-3H3,(H2,15,16,17). The summed E-state index contributed by atoms with van der Waals surface area (Å²) >= 11 is 0. The van der Waals surface area contributed by atoms with Crippen molar-refractivity contribution >= 4 is 5.96 Å². The van der Waals surface area contributed by atoms with E-state index in [1.165, 1.54) is 0 Å². The number of hydrogen-bond donors (Lipinski definition) is 3. The van der Waals surface area contributed by atoms with Crippen LogP contribution in [0.4, 0.5) is 0 Å². The van der Waals surface area contributed by atoms with E-state index in [1.807, 2.05) is 25.1 Å². The van der Waals surface area contributed by atoms with Gasteiger partial charge in [-0.15, -0.1) is 0 Å². The maximum absolute atomic E-state index is 5.34. The van der Waals surface area contributed by atoms with E-state index in [0.29, 0.717) is 12.5 Å². The number of aliphatic imine (C=N–C) groups is 1. The van der Waals surface area contributed by atoms with Gasteiger partial charge < -0.3 is 14.8 Å². The van der Waals surface area contributed by atoms with Crippen LogP contribution in [0, 0.1) is 0 Å². The molecule has 0 radical (unpaired) electrons. The highest BCUT2D eigenvalue weighted by molar-refractivity contribution is 5.79. The Morgan fingerprint density at radius 2 is 2.00 bits per heavy atom. The van der Waals surface area contributed by atoms with Crippen molar-refractivity contribution in [2.45, 2.75) is 13.3 Å².